The Morgan fingerprint density at radius 2 is 2.15 bits per heavy atom. The van der Waals surface area contributed by atoms with E-state index in [1.165, 1.54) is 0 Å². The lowest BCUT2D eigenvalue weighted by molar-refractivity contribution is 0.0734. The quantitative estimate of drug-likeness (QED) is 0.620. The van der Waals surface area contributed by atoms with E-state index in [1.807, 2.05) is 25.1 Å². The van der Waals surface area contributed by atoms with Crippen molar-refractivity contribution in [1.29, 1.82) is 0 Å². The van der Waals surface area contributed by atoms with Crippen LogP contribution in [0, 0.1) is 12.8 Å². The van der Waals surface area contributed by atoms with Crippen LogP contribution in [0.15, 0.2) is 18.2 Å². The van der Waals surface area contributed by atoms with E-state index in [9.17, 15) is 4.79 Å². The number of nitrogens with one attached hydrogen (secondary N) is 1. The minimum Gasteiger partial charge on any atom is -0.336 e. The van der Waals surface area contributed by atoms with Crippen LogP contribution in [-0.4, -0.2) is 23.4 Å². The molecule has 4 heteroatoms. The summed E-state index contributed by atoms with van der Waals surface area (Å²) in [4.78, 5) is 14.8. The molecule has 0 bridgehead atoms. The number of carbonyl (C=O) groups excluding carboxylic acids is 1. The predicted octanol–water partition coefficient (Wildman–Crippen LogP) is 2.93. The lowest BCUT2D eigenvalue weighted by atomic mass is 10.1. The first-order valence-corrected chi connectivity index (χ1v) is 7.41. The van der Waals surface area contributed by atoms with Gasteiger partial charge in [0.2, 0.25) is 0 Å². The second-order valence-electron chi connectivity index (χ2n) is 6.09. The first kappa shape index (κ1) is 14.9. The summed E-state index contributed by atoms with van der Waals surface area (Å²) < 4.78 is 0. The van der Waals surface area contributed by atoms with Gasteiger partial charge in [-0.1, -0.05) is 13.8 Å². The number of carbonyl (C=O) groups is 1. The Kier molecular flexibility index (Phi) is 4.65. The molecule has 0 saturated heterocycles. The Balaban J connectivity index is 2.14. The van der Waals surface area contributed by atoms with Crippen LogP contribution < -0.4 is 11.3 Å². The van der Waals surface area contributed by atoms with E-state index in [-0.39, 0.29) is 5.91 Å². The standard InChI is InChI=1S/C16H25N3O/c1-11(2)8-9-19(14-5-6-14)16(20)15-7-4-13(18-17)10-12(15)3/h4,7,10-11,14,18H,5-6,8-9,17H2,1-3H3. The van der Waals surface area contributed by atoms with Gasteiger partial charge in [-0.05, 0) is 55.9 Å². The molecule has 1 aromatic rings. The number of nitrogens with zero attached hydrogens (tertiary/aromatic N) is 1. The lowest BCUT2D eigenvalue weighted by Gasteiger charge is -2.24. The lowest BCUT2D eigenvalue weighted by Crippen LogP contribution is -2.35. The molecule has 1 aliphatic rings. The number of anilines is 1. The predicted molar refractivity (Wildman–Crippen MR) is 82.5 cm³/mol. The van der Waals surface area contributed by atoms with E-state index in [4.69, 9.17) is 5.84 Å². The van der Waals surface area contributed by atoms with Crippen LogP contribution in [0.5, 0.6) is 0 Å². The average molecular weight is 275 g/mol. The van der Waals surface area contributed by atoms with Gasteiger partial charge in [0, 0.05) is 23.8 Å². The summed E-state index contributed by atoms with van der Waals surface area (Å²) in [7, 11) is 0. The Morgan fingerprint density at radius 3 is 2.65 bits per heavy atom. The maximum absolute atomic E-state index is 12.7. The van der Waals surface area contributed by atoms with E-state index >= 15 is 0 Å². The number of hydrogen-bond acceptors (Lipinski definition) is 3. The van der Waals surface area contributed by atoms with Gasteiger partial charge in [-0.15, -0.1) is 0 Å². The number of nitrogens with two attached hydrogens (primary N) is 1. The maximum Gasteiger partial charge on any atom is 0.254 e. The van der Waals surface area contributed by atoms with Gasteiger partial charge in [0.1, 0.15) is 0 Å². The zero-order chi connectivity index (χ0) is 14.7. The van der Waals surface area contributed by atoms with Crippen LogP contribution in [0.4, 0.5) is 5.69 Å². The van der Waals surface area contributed by atoms with Crippen molar-refractivity contribution in [3.8, 4) is 0 Å². The maximum atomic E-state index is 12.7. The molecule has 1 saturated carbocycles. The molecule has 1 amide bonds. The molecule has 0 unspecified atom stereocenters. The van der Waals surface area contributed by atoms with E-state index in [0.29, 0.717) is 12.0 Å². The van der Waals surface area contributed by atoms with Crippen molar-refractivity contribution in [2.75, 3.05) is 12.0 Å². The van der Waals surface area contributed by atoms with Gasteiger partial charge in [0.25, 0.3) is 5.91 Å². The molecular formula is C16H25N3O. The summed E-state index contributed by atoms with van der Waals surface area (Å²) in [5, 5.41) is 0. The van der Waals surface area contributed by atoms with Crippen molar-refractivity contribution in [1.82, 2.24) is 4.90 Å². The van der Waals surface area contributed by atoms with Crippen LogP contribution in [0.3, 0.4) is 0 Å². The van der Waals surface area contributed by atoms with Gasteiger partial charge in [-0.25, -0.2) is 0 Å². The third kappa shape index (κ3) is 3.51. The molecule has 0 spiro atoms. The van der Waals surface area contributed by atoms with Crippen molar-refractivity contribution in [3.63, 3.8) is 0 Å². The second kappa shape index (κ2) is 6.27. The molecule has 0 radical (unpaired) electrons. The summed E-state index contributed by atoms with van der Waals surface area (Å²) in [5.41, 5.74) is 5.21. The van der Waals surface area contributed by atoms with Crippen molar-refractivity contribution >= 4 is 11.6 Å². The Bertz CT molecular complexity index is 481. The number of hydrazine groups is 1. The van der Waals surface area contributed by atoms with E-state index in [2.05, 4.69) is 24.2 Å². The van der Waals surface area contributed by atoms with Gasteiger partial charge >= 0.3 is 0 Å². The van der Waals surface area contributed by atoms with E-state index < -0.39 is 0 Å². The summed E-state index contributed by atoms with van der Waals surface area (Å²) in [6.07, 6.45) is 3.35. The first-order chi connectivity index (χ1) is 9.52. The Morgan fingerprint density at radius 1 is 1.45 bits per heavy atom. The molecule has 0 heterocycles. The molecule has 2 rings (SSSR count). The smallest absolute Gasteiger partial charge is 0.254 e. The molecule has 0 aromatic heterocycles. The molecule has 3 N–H and O–H groups in total. The molecule has 20 heavy (non-hydrogen) atoms. The zero-order valence-corrected chi connectivity index (χ0v) is 12.6. The molecule has 1 aliphatic carbocycles. The molecule has 1 fully saturated rings. The molecule has 0 aliphatic heterocycles. The van der Waals surface area contributed by atoms with Crippen molar-refractivity contribution in [3.05, 3.63) is 29.3 Å². The number of aryl methyl sites for hydroxylation is 1. The number of rotatable bonds is 6. The normalized spacial score (nSPS) is 14.4. The SMILES string of the molecule is Cc1cc(NN)ccc1C(=O)N(CCC(C)C)C1CC1. The third-order valence-electron chi connectivity index (χ3n) is 3.82. The monoisotopic (exact) mass is 275 g/mol. The van der Waals surface area contributed by atoms with Crippen LogP contribution in [0.25, 0.3) is 0 Å². The van der Waals surface area contributed by atoms with Gasteiger partial charge in [-0.3, -0.25) is 10.6 Å². The third-order valence-corrected chi connectivity index (χ3v) is 3.82. The number of nitrogen functional groups attached to an aromatic ring is 1. The fourth-order valence-corrected chi connectivity index (χ4v) is 2.38. The average Bonchev–Trinajstić information content (AvgIpc) is 3.22. The highest BCUT2D eigenvalue weighted by Crippen LogP contribution is 2.29. The fraction of sp³-hybridized carbons (Fsp3) is 0.562. The van der Waals surface area contributed by atoms with Crippen LogP contribution >= 0.6 is 0 Å². The summed E-state index contributed by atoms with van der Waals surface area (Å²) in [6.45, 7) is 7.21. The van der Waals surface area contributed by atoms with Gasteiger partial charge in [0.05, 0.1) is 0 Å². The molecule has 1 aromatic carbocycles. The fourth-order valence-electron chi connectivity index (χ4n) is 2.38. The summed E-state index contributed by atoms with van der Waals surface area (Å²) in [6, 6.07) is 6.10. The van der Waals surface area contributed by atoms with Crippen molar-refractivity contribution in [2.45, 2.75) is 46.1 Å². The minimum absolute atomic E-state index is 0.161. The van der Waals surface area contributed by atoms with E-state index in [1.54, 1.807) is 0 Å². The number of benzene rings is 1. The van der Waals surface area contributed by atoms with Crippen molar-refractivity contribution < 1.29 is 4.79 Å². The van der Waals surface area contributed by atoms with Crippen LogP contribution in [0.1, 0.15) is 49.0 Å². The molecule has 4 nitrogen and oxygen atoms in total. The van der Waals surface area contributed by atoms with Crippen LogP contribution in [0.2, 0.25) is 0 Å². The Hall–Kier alpha value is -1.55. The molecule has 110 valence electrons. The summed E-state index contributed by atoms with van der Waals surface area (Å²) in [5.74, 6) is 6.18. The van der Waals surface area contributed by atoms with Crippen LogP contribution in [-0.2, 0) is 0 Å². The van der Waals surface area contributed by atoms with E-state index in [0.717, 1.165) is 42.6 Å². The number of hydrogen-bond donors (Lipinski definition) is 2. The first-order valence-electron chi connectivity index (χ1n) is 7.41. The topological polar surface area (TPSA) is 58.4 Å². The van der Waals surface area contributed by atoms with Gasteiger partial charge < -0.3 is 10.3 Å². The second-order valence-corrected chi connectivity index (χ2v) is 6.09. The summed E-state index contributed by atoms with van der Waals surface area (Å²) >= 11 is 0. The molecular weight excluding hydrogens is 250 g/mol. The molecule has 0 atom stereocenters. The number of amides is 1. The zero-order valence-electron chi connectivity index (χ0n) is 12.6. The highest BCUT2D eigenvalue weighted by atomic mass is 16.2. The van der Waals surface area contributed by atoms with Gasteiger partial charge in [0.15, 0.2) is 0 Å². The Labute approximate surface area is 121 Å². The van der Waals surface area contributed by atoms with Crippen molar-refractivity contribution in [2.24, 2.45) is 11.8 Å². The minimum atomic E-state index is 0.161. The highest BCUT2D eigenvalue weighted by molar-refractivity contribution is 5.96. The largest absolute Gasteiger partial charge is 0.336 e. The van der Waals surface area contributed by atoms with Gasteiger partial charge in [-0.2, -0.15) is 0 Å². The highest BCUT2D eigenvalue weighted by Gasteiger charge is 2.33.